The lowest BCUT2D eigenvalue weighted by atomic mass is 10.2. The molecule has 2 heterocycles. The molecule has 3 aromatic rings. The summed E-state index contributed by atoms with van der Waals surface area (Å²) in [6.07, 6.45) is 1.37. The maximum absolute atomic E-state index is 12.1. The molecule has 8 nitrogen and oxygen atoms in total. The van der Waals surface area contributed by atoms with Gasteiger partial charge in [0.2, 0.25) is 11.9 Å². The van der Waals surface area contributed by atoms with Crippen molar-refractivity contribution in [1.82, 2.24) is 19.7 Å². The van der Waals surface area contributed by atoms with Gasteiger partial charge in [0.15, 0.2) is 5.13 Å². The molecule has 0 saturated carbocycles. The number of thiazole rings is 1. The summed E-state index contributed by atoms with van der Waals surface area (Å²) in [5.74, 6) is -0.537. The zero-order valence-corrected chi connectivity index (χ0v) is 14.6. The topological polar surface area (TPSA) is 102 Å². The second-order valence-corrected chi connectivity index (χ2v) is 6.36. The molecule has 2 N–H and O–H groups in total. The van der Waals surface area contributed by atoms with E-state index in [4.69, 9.17) is 11.6 Å². The molecule has 0 radical (unpaired) electrons. The predicted molar refractivity (Wildman–Crippen MR) is 94.9 cm³/mol. The van der Waals surface area contributed by atoms with Crippen LogP contribution in [0.2, 0.25) is 5.02 Å². The van der Waals surface area contributed by atoms with Crippen molar-refractivity contribution >= 4 is 45.8 Å². The lowest BCUT2D eigenvalue weighted by molar-refractivity contribution is -0.116. The Kier molecular flexibility index (Phi) is 5.05. The Balaban J connectivity index is 1.57. The van der Waals surface area contributed by atoms with Gasteiger partial charge in [-0.3, -0.25) is 14.9 Å². The first-order valence-electron chi connectivity index (χ1n) is 7.18. The van der Waals surface area contributed by atoms with Crippen molar-refractivity contribution in [2.75, 3.05) is 10.6 Å². The molecule has 2 aromatic heterocycles. The number of carbonyl (C=O) groups is 2. The quantitative estimate of drug-likeness (QED) is 0.712. The van der Waals surface area contributed by atoms with E-state index in [1.807, 2.05) is 12.3 Å². The molecule has 128 valence electrons. The van der Waals surface area contributed by atoms with Crippen LogP contribution in [0.15, 0.2) is 36.0 Å². The fourth-order valence-corrected chi connectivity index (χ4v) is 2.75. The minimum atomic E-state index is -0.364. The average Bonchev–Trinajstić information content (AvgIpc) is 3.17. The molecular weight excluding hydrogens is 364 g/mol. The molecule has 0 fully saturated rings. The van der Waals surface area contributed by atoms with Crippen molar-refractivity contribution < 1.29 is 9.59 Å². The molecular formula is C15H13ClN6O2S. The second kappa shape index (κ2) is 7.41. The van der Waals surface area contributed by atoms with Crippen LogP contribution in [0.25, 0.3) is 0 Å². The molecule has 0 aliphatic carbocycles. The Morgan fingerprint density at radius 3 is 2.68 bits per heavy atom. The van der Waals surface area contributed by atoms with E-state index < -0.39 is 0 Å². The zero-order valence-electron chi connectivity index (χ0n) is 13.1. The van der Waals surface area contributed by atoms with Gasteiger partial charge in [-0.15, -0.1) is 16.4 Å². The van der Waals surface area contributed by atoms with E-state index in [0.29, 0.717) is 15.7 Å². The van der Waals surface area contributed by atoms with Crippen LogP contribution in [0.1, 0.15) is 16.1 Å². The van der Waals surface area contributed by atoms with E-state index in [9.17, 15) is 9.59 Å². The number of benzene rings is 1. The van der Waals surface area contributed by atoms with Gasteiger partial charge in [-0.2, -0.15) is 0 Å². The molecule has 0 bridgehead atoms. The van der Waals surface area contributed by atoms with E-state index >= 15 is 0 Å². The van der Waals surface area contributed by atoms with Crippen molar-refractivity contribution in [2.24, 2.45) is 0 Å². The Morgan fingerprint density at radius 2 is 2.00 bits per heavy atom. The highest BCUT2D eigenvalue weighted by Crippen LogP contribution is 2.14. The van der Waals surface area contributed by atoms with Crippen LogP contribution in [-0.2, 0) is 11.3 Å². The number of amides is 2. The van der Waals surface area contributed by atoms with Gasteiger partial charge in [0.25, 0.3) is 5.91 Å². The molecule has 0 unspecified atom stereocenters. The molecule has 0 aliphatic rings. The van der Waals surface area contributed by atoms with Gasteiger partial charge in [-0.05, 0) is 31.2 Å². The Hall–Kier alpha value is -2.78. The van der Waals surface area contributed by atoms with Crippen LogP contribution in [-0.4, -0.2) is 31.6 Å². The summed E-state index contributed by atoms with van der Waals surface area (Å²) in [7, 11) is 0. The third-order valence-electron chi connectivity index (χ3n) is 3.04. The zero-order chi connectivity index (χ0) is 17.8. The van der Waals surface area contributed by atoms with E-state index in [1.54, 1.807) is 24.3 Å². The third-order valence-corrected chi connectivity index (χ3v) is 4.17. The van der Waals surface area contributed by atoms with Gasteiger partial charge in [-0.25, -0.2) is 14.6 Å². The highest BCUT2D eigenvalue weighted by atomic mass is 35.5. The number of aromatic nitrogens is 4. The predicted octanol–water partition coefficient (Wildman–Crippen LogP) is 2.59. The molecule has 1 aromatic carbocycles. The first-order chi connectivity index (χ1) is 12.0. The average molecular weight is 377 g/mol. The van der Waals surface area contributed by atoms with Crippen LogP contribution in [0.4, 0.5) is 11.1 Å². The standard InChI is InChI=1S/C15H13ClN6O2S/c1-9-7-25-15(18-9)19-12(23)6-22-8-17-14(21-22)20-13(24)10-2-4-11(16)5-3-10/h2-5,7-8H,6H2,1H3,(H,18,19,23)(H,20,21,24). The number of hydrogen-bond donors (Lipinski definition) is 2. The number of rotatable bonds is 5. The summed E-state index contributed by atoms with van der Waals surface area (Å²) in [6.45, 7) is 1.81. The summed E-state index contributed by atoms with van der Waals surface area (Å²) in [6, 6.07) is 6.43. The van der Waals surface area contributed by atoms with Crippen LogP contribution in [0.5, 0.6) is 0 Å². The van der Waals surface area contributed by atoms with Crippen LogP contribution < -0.4 is 10.6 Å². The maximum atomic E-state index is 12.1. The van der Waals surface area contributed by atoms with Crippen molar-refractivity contribution in [3.8, 4) is 0 Å². The lowest BCUT2D eigenvalue weighted by Gasteiger charge is -2.02. The monoisotopic (exact) mass is 376 g/mol. The van der Waals surface area contributed by atoms with Crippen LogP contribution in [0.3, 0.4) is 0 Å². The first kappa shape index (κ1) is 17.1. The fourth-order valence-electron chi connectivity index (χ4n) is 1.92. The lowest BCUT2D eigenvalue weighted by Crippen LogP contribution is -2.19. The SMILES string of the molecule is Cc1csc(NC(=O)Cn2cnc(NC(=O)c3ccc(Cl)cc3)n2)n1. The van der Waals surface area contributed by atoms with Gasteiger partial charge in [-0.1, -0.05) is 11.6 Å². The Bertz CT molecular complexity index is 905. The molecule has 25 heavy (non-hydrogen) atoms. The second-order valence-electron chi connectivity index (χ2n) is 5.07. The smallest absolute Gasteiger partial charge is 0.258 e. The minimum absolute atomic E-state index is 0.0392. The molecule has 0 saturated heterocycles. The minimum Gasteiger partial charge on any atom is -0.300 e. The molecule has 0 atom stereocenters. The van der Waals surface area contributed by atoms with Gasteiger partial charge < -0.3 is 5.32 Å². The van der Waals surface area contributed by atoms with Gasteiger partial charge >= 0.3 is 0 Å². The first-order valence-corrected chi connectivity index (χ1v) is 8.44. The fraction of sp³-hybridized carbons (Fsp3) is 0.133. The van der Waals surface area contributed by atoms with Crippen molar-refractivity contribution in [3.05, 3.63) is 52.3 Å². The molecule has 2 amide bonds. The molecule has 0 spiro atoms. The van der Waals surface area contributed by atoms with Crippen molar-refractivity contribution in [1.29, 1.82) is 0 Å². The number of halogens is 1. The number of nitrogens with one attached hydrogen (secondary N) is 2. The van der Waals surface area contributed by atoms with Crippen molar-refractivity contribution in [2.45, 2.75) is 13.5 Å². The van der Waals surface area contributed by atoms with Crippen LogP contribution in [0, 0.1) is 6.92 Å². The Morgan fingerprint density at radius 1 is 1.24 bits per heavy atom. The molecule has 3 rings (SSSR count). The van der Waals surface area contributed by atoms with E-state index in [1.165, 1.54) is 22.3 Å². The highest BCUT2D eigenvalue weighted by Gasteiger charge is 2.11. The van der Waals surface area contributed by atoms with E-state index in [-0.39, 0.29) is 24.3 Å². The summed E-state index contributed by atoms with van der Waals surface area (Å²) in [5, 5.41) is 12.2. The number of carbonyl (C=O) groups excluding carboxylic acids is 2. The van der Waals surface area contributed by atoms with Gasteiger partial charge in [0.1, 0.15) is 12.9 Å². The number of aryl methyl sites for hydroxylation is 1. The van der Waals surface area contributed by atoms with Crippen LogP contribution >= 0.6 is 22.9 Å². The number of nitrogens with zero attached hydrogens (tertiary/aromatic N) is 4. The highest BCUT2D eigenvalue weighted by molar-refractivity contribution is 7.13. The molecule has 0 aliphatic heterocycles. The van der Waals surface area contributed by atoms with Gasteiger partial charge in [0, 0.05) is 16.0 Å². The van der Waals surface area contributed by atoms with E-state index in [0.717, 1.165) is 5.69 Å². The largest absolute Gasteiger partial charge is 0.300 e. The maximum Gasteiger partial charge on any atom is 0.258 e. The number of hydrogen-bond acceptors (Lipinski definition) is 6. The summed E-state index contributed by atoms with van der Waals surface area (Å²) in [4.78, 5) is 32.1. The normalized spacial score (nSPS) is 10.5. The van der Waals surface area contributed by atoms with E-state index in [2.05, 4.69) is 25.7 Å². The third kappa shape index (κ3) is 4.61. The number of anilines is 2. The summed E-state index contributed by atoms with van der Waals surface area (Å²) < 4.78 is 1.33. The van der Waals surface area contributed by atoms with Crippen molar-refractivity contribution in [3.63, 3.8) is 0 Å². The Labute approximate surface area is 151 Å². The molecule has 10 heteroatoms. The summed E-state index contributed by atoms with van der Waals surface area (Å²) in [5.41, 5.74) is 1.27. The van der Waals surface area contributed by atoms with Gasteiger partial charge in [0.05, 0.1) is 5.69 Å². The summed E-state index contributed by atoms with van der Waals surface area (Å²) >= 11 is 7.13.